The van der Waals surface area contributed by atoms with E-state index < -0.39 is 0 Å². The highest BCUT2D eigenvalue weighted by molar-refractivity contribution is 6.41. The van der Waals surface area contributed by atoms with Crippen LogP contribution < -0.4 is 5.32 Å². The molecule has 0 bridgehead atoms. The van der Waals surface area contributed by atoms with Gasteiger partial charge in [-0.15, -0.1) is 0 Å². The van der Waals surface area contributed by atoms with Gasteiger partial charge in [0.15, 0.2) is 0 Å². The Morgan fingerprint density at radius 1 is 1.13 bits per heavy atom. The molecular weight excluding hydrogens is 229 g/mol. The van der Waals surface area contributed by atoms with Gasteiger partial charge in [0.25, 0.3) is 0 Å². The third-order valence-corrected chi connectivity index (χ3v) is 3.81. The summed E-state index contributed by atoms with van der Waals surface area (Å²) in [6.07, 6.45) is 5.51. The van der Waals surface area contributed by atoms with Crippen LogP contribution in [0.4, 0.5) is 0 Å². The van der Waals surface area contributed by atoms with Crippen molar-refractivity contribution in [2.75, 3.05) is 0 Å². The average Bonchev–Trinajstić information content (AvgIpc) is 2.73. The minimum Gasteiger partial charge on any atom is -0.340 e. The van der Waals surface area contributed by atoms with Gasteiger partial charge in [0, 0.05) is 5.56 Å². The third-order valence-electron chi connectivity index (χ3n) is 3.07. The Balaban J connectivity index is 1.90. The molecule has 0 aromatic heterocycles. The van der Waals surface area contributed by atoms with Crippen molar-refractivity contribution >= 4 is 23.2 Å². The fourth-order valence-electron chi connectivity index (χ4n) is 2.16. The summed E-state index contributed by atoms with van der Waals surface area (Å²) in [6.45, 7) is 1.02. The van der Waals surface area contributed by atoms with Crippen molar-refractivity contribution in [2.45, 2.75) is 38.3 Å². The molecule has 3 heteroatoms. The monoisotopic (exact) mass is 244 g/mol. The van der Waals surface area contributed by atoms with Crippen molar-refractivity contribution in [3.05, 3.63) is 33.8 Å². The zero-order valence-electron chi connectivity index (χ0n) is 8.68. The predicted molar refractivity (Wildman–Crippen MR) is 64.3 cm³/mol. The lowest BCUT2D eigenvalue weighted by Crippen LogP contribution is -2.87. The maximum atomic E-state index is 5.96. The fourth-order valence-corrected chi connectivity index (χ4v) is 2.48. The third kappa shape index (κ3) is 3.10. The summed E-state index contributed by atoms with van der Waals surface area (Å²) in [4.78, 5) is 0. The number of benzene rings is 1. The average molecular weight is 245 g/mol. The Hall–Kier alpha value is -0.240. The van der Waals surface area contributed by atoms with E-state index in [0.29, 0.717) is 10.0 Å². The number of hydrogen-bond acceptors (Lipinski definition) is 0. The highest BCUT2D eigenvalue weighted by Crippen LogP contribution is 2.22. The molecule has 1 aliphatic rings. The lowest BCUT2D eigenvalue weighted by atomic mass is 10.2. The van der Waals surface area contributed by atoms with Crippen LogP contribution in [0.25, 0.3) is 0 Å². The molecular formula is C12H16Cl2N+. The van der Waals surface area contributed by atoms with E-state index in [2.05, 4.69) is 11.4 Å². The van der Waals surface area contributed by atoms with Crippen LogP contribution in [0.2, 0.25) is 10.0 Å². The van der Waals surface area contributed by atoms with Gasteiger partial charge in [-0.1, -0.05) is 29.3 Å². The predicted octanol–water partition coefficient (Wildman–Crippen LogP) is 3.00. The summed E-state index contributed by atoms with van der Waals surface area (Å²) in [5.41, 5.74) is 1.26. The van der Waals surface area contributed by atoms with Gasteiger partial charge in [0.2, 0.25) is 0 Å². The molecule has 0 atom stereocenters. The topological polar surface area (TPSA) is 16.6 Å². The first-order chi connectivity index (χ1) is 7.25. The Morgan fingerprint density at radius 3 is 2.53 bits per heavy atom. The van der Waals surface area contributed by atoms with Crippen LogP contribution in [-0.4, -0.2) is 6.04 Å². The van der Waals surface area contributed by atoms with Crippen molar-refractivity contribution < 1.29 is 5.32 Å². The van der Waals surface area contributed by atoms with E-state index in [0.717, 1.165) is 12.6 Å². The molecule has 15 heavy (non-hydrogen) atoms. The van der Waals surface area contributed by atoms with Crippen molar-refractivity contribution in [1.29, 1.82) is 0 Å². The molecule has 82 valence electrons. The fraction of sp³-hybridized carbons (Fsp3) is 0.500. The number of halogens is 2. The standard InChI is InChI=1S/C12H15Cl2N/c13-11-6-5-9(7-12(11)14)8-15-10-3-1-2-4-10/h5-7,10,15H,1-4,8H2/p+1. The zero-order valence-corrected chi connectivity index (χ0v) is 10.2. The van der Waals surface area contributed by atoms with Crippen LogP contribution in [0.3, 0.4) is 0 Å². The second-order valence-electron chi connectivity index (χ2n) is 4.23. The first-order valence-corrected chi connectivity index (χ1v) is 6.28. The smallest absolute Gasteiger partial charge is 0.101 e. The maximum Gasteiger partial charge on any atom is 0.101 e. The van der Waals surface area contributed by atoms with Gasteiger partial charge in [0.1, 0.15) is 6.54 Å². The van der Waals surface area contributed by atoms with Crippen molar-refractivity contribution in [1.82, 2.24) is 0 Å². The molecule has 0 aliphatic heterocycles. The van der Waals surface area contributed by atoms with Crippen LogP contribution >= 0.6 is 23.2 Å². The van der Waals surface area contributed by atoms with Crippen molar-refractivity contribution in [2.24, 2.45) is 0 Å². The van der Waals surface area contributed by atoms with Crippen LogP contribution in [0.15, 0.2) is 18.2 Å². The molecule has 1 saturated carbocycles. The Bertz CT molecular complexity index is 332. The summed E-state index contributed by atoms with van der Waals surface area (Å²) in [7, 11) is 0. The molecule has 2 N–H and O–H groups in total. The van der Waals surface area contributed by atoms with Gasteiger partial charge >= 0.3 is 0 Å². The van der Waals surface area contributed by atoms with Gasteiger partial charge in [-0.2, -0.15) is 0 Å². The number of nitrogens with two attached hydrogens (primary N) is 1. The highest BCUT2D eigenvalue weighted by atomic mass is 35.5. The second kappa shape index (κ2) is 5.20. The number of rotatable bonds is 3. The largest absolute Gasteiger partial charge is 0.340 e. The lowest BCUT2D eigenvalue weighted by Gasteiger charge is -2.08. The van der Waals surface area contributed by atoms with Gasteiger partial charge in [-0.3, -0.25) is 0 Å². The van der Waals surface area contributed by atoms with Crippen LogP contribution in [-0.2, 0) is 6.54 Å². The first kappa shape index (κ1) is 11.3. The lowest BCUT2D eigenvalue weighted by molar-refractivity contribution is -0.703. The molecule has 1 aromatic carbocycles. The molecule has 0 saturated heterocycles. The highest BCUT2D eigenvalue weighted by Gasteiger charge is 2.17. The molecule has 1 fully saturated rings. The SMILES string of the molecule is Clc1ccc(C[NH2+]C2CCCC2)cc1Cl. The van der Waals surface area contributed by atoms with E-state index in [9.17, 15) is 0 Å². The molecule has 0 unspecified atom stereocenters. The molecule has 1 nitrogen and oxygen atoms in total. The quantitative estimate of drug-likeness (QED) is 0.843. The summed E-state index contributed by atoms with van der Waals surface area (Å²) < 4.78 is 0. The molecule has 0 heterocycles. The summed E-state index contributed by atoms with van der Waals surface area (Å²) in [5.74, 6) is 0. The van der Waals surface area contributed by atoms with Crippen LogP contribution in [0.1, 0.15) is 31.2 Å². The van der Waals surface area contributed by atoms with Crippen molar-refractivity contribution in [3.8, 4) is 0 Å². The van der Waals surface area contributed by atoms with Gasteiger partial charge in [-0.05, 0) is 37.8 Å². The summed E-state index contributed by atoms with van der Waals surface area (Å²) in [5, 5.41) is 3.72. The molecule has 0 amide bonds. The van der Waals surface area contributed by atoms with E-state index in [-0.39, 0.29) is 0 Å². The Labute approximate surface area is 101 Å². The van der Waals surface area contributed by atoms with E-state index in [1.807, 2.05) is 12.1 Å². The maximum absolute atomic E-state index is 5.96. The number of hydrogen-bond donors (Lipinski definition) is 1. The van der Waals surface area contributed by atoms with Gasteiger partial charge in [-0.25, -0.2) is 0 Å². The van der Waals surface area contributed by atoms with E-state index in [4.69, 9.17) is 23.2 Å². The first-order valence-electron chi connectivity index (χ1n) is 5.53. The van der Waals surface area contributed by atoms with Gasteiger partial charge in [0.05, 0.1) is 16.1 Å². The molecule has 2 rings (SSSR count). The molecule has 0 radical (unpaired) electrons. The normalized spacial score (nSPS) is 17.2. The minimum absolute atomic E-state index is 0.640. The molecule has 0 spiro atoms. The van der Waals surface area contributed by atoms with Crippen LogP contribution in [0, 0.1) is 0 Å². The molecule has 1 aromatic rings. The van der Waals surface area contributed by atoms with E-state index >= 15 is 0 Å². The van der Waals surface area contributed by atoms with E-state index in [1.165, 1.54) is 31.2 Å². The Morgan fingerprint density at radius 2 is 1.87 bits per heavy atom. The second-order valence-corrected chi connectivity index (χ2v) is 5.05. The zero-order chi connectivity index (χ0) is 10.7. The Kier molecular flexibility index (Phi) is 3.90. The van der Waals surface area contributed by atoms with Gasteiger partial charge < -0.3 is 5.32 Å². The van der Waals surface area contributed by atoms with Crippen LogP contribution in [0.5, 0.6) is 0 Å². The van der Waals surface area contributed by atoms with E-state index in [1.54, 1.807) is 0 Å². The van der Waals surface area contributed by atoms with Crippen molar-refractivity contribution in [3.63, 3.8) is 0 Å². The molecule has 1 aliphatic carbocycles. The minimum atomic E-state index is 0.640. The summed E-state index contributed by atoms with van der Waals surface area (Å²) in [6, 6.07) is 6.72. The summed E-state index contributed by atoms with van der Waals surface area (Å²) >= 11 is 11.8. The number of quaternary nitrogens is 1.